The Bertz CT molecular complexity index is 1030. The van der Waals surface area contributed by atoms with Crippen molar-refractivity contribution < 1.29 is 18.8 Å². The molecule has 2 aliphatic heterocycles. The molecule has 1 aromatic heterocycles. The van der Waals surface area contributed by atoms with E-state index in [2.05, 4.69) is 32.7 Å². The average molecular weight is 425 g/mol. The van der Waals surface area contributed by atoms with E-state index >= 15 is 0 Å². The molecule has 3 fully saturated rings. The lowest BCUT2D eigenvalue weighted by Gasteiger charge is -2.32. The summed E-state index contributed by atoms with van der Waals surface area (Å²) in [5, 5.41) is 0. The largest absolute Gasteiger partial charge is 0.494 e. The van der Waals surface area contributed by atoms with Crippen LogP contribution < -0.4 is 5.46 Å². The molecule has 1 amide bonds. The number of fused-ring (bicyclic) bond motifs is 2. The number of carbonyl (C=O) groups excluding carboxylic acids is 1. The lowest BCUT2D eigenvalue weighted by Crippen LogP contribution is -2.41. The number of amides is 1. The highest BCUT2D eigenvalue weighted by Gasteiger charge is 2.56. The minimum atomic E-state index is -0.514. The fourth-order valence-corrected chi connectivity index (χ4v) is 4.61. The maximum absolute atomic E-state index is 12.9. The molecule has 3 aliphatic rings. The van der Waals surface area contributed by atoms with Gasteiger partial charge in [0.1, 0.15) is 11.4 Å². The van der Waals surface area contributed by atoms with E-state index in [1.807, 2.05) is 43.9 Å². The number of nitrogens with one attached hydrogen (secondary N) is 1. The van der Waals surface area contributed by atoms with Crippen LogP contribution in [0.5, 0.6) is 0 Å². The van der Waals surface area contributed by atoms with Crippen LogP contribution in [0.4, 0.5) is 4.79 Å². The average Bonchev–Trinajstić information content (AvgIpc) is 3.02. The first-order valence-corrected chi connectivity index (χ1v) is 11.2. The quantitative estimate of drug-likeness (QED) is 0.738. The van der Waals surface area contributed by atoms with Crippen molar-refractivity contribution in [3.8, 4) is 0 Å². The number of carbonyl (C=O) groups is 1. The van der Waals surface area contributed by atoms with Gasteiger partial charge >= 0.3 is 13.2 Å². The van der Waals surface area contributed by atoms with Gasteiger partial charge in [-0.1, -0.05) is 6.07 Å². The van der Waals surface area contributed by atoms with Crippen LogP contribution in [0, 0.1) is 5.92 Å². The molecule has 5 rings (SSSR count). The summed E-state index contributed by atoms with van der Waals surface area (Å²) in [6.45, 7) is 13.9. The standard InChI is InChI=1S/C23H32BN3O4/c1-21(2,3)29-20(28)27-17-10-13(17)11-18(27)19-25-15-9-8-14(12-16(15)26-19)24-30-22(4,5)23(6,7)31-24/h8-9,12-13,17-18H,10-11H2,1-7H3,(H,25,26). The number of ether oxygens (including phenoxy) is 1. The van der Waals surface area contributed by atoms with Gasteiger partial charge in [-0.2, -0.15) is 0 Å². The van der Waals surface area contributed by atoms with Gasteiger partial charge in [0.05, 0.1) is 28.3 Å². The van der Waals surface area contributed by atoms with E-state index in [9.17, 15) is 4.79 Å². The molecule has 0 bridgehead atoms. The van der Waals surface area contributed by atoms with Crippen molar-refractivity contribution in [2.75, 3.05) is 0 Å². The van der Waals surface area contributed by atoms with Gasteiger partial charge in [-0.15, -0.1) is 0 Å². The molecule has 3 atom stereocenters. The van der Waals surface area contributed by atoms with Crippen LogP contribution in [0.2, 0.25) is 0 Å². The Kier molecular flexibility index (Phi) is 4.35. The Morgan fingerprint density at radius 1 is 1.19 bits per heavy atom. The van der Waals surface area contributed by atoms with Gasteiger partial charge in [-0.05, 0) is 84.8 Å². The van der Waals surface area contributed by atoms with Gasteiger partial charge in [0.2, 0.25) is 0 Å². The van der Waals surface area contributed by atoms with Crippen molar-refractivity contribution >= 4 is 29.7 Å². The Balaban J connectivity index is 1.41. The summed E-state index contributed by atoms with van der Waals surface area (Å²) in [5.41, 5.74) is 1.47. The minimum Gasteiger partial charge on any atom is -0.444 e. The summed E-state index contributed by atoms with van der Waals surface area (Å²) in [6, 6.07) is 6.23. The zero-order valence-electron chi connectivity index (χ0n) is 19.5. The molecule has 7 nitrogen and oxygen atoms in total. The minimum absolute atomic E-state index is 0.0775. The Labute approximate surface area is 184 Å². The molecule has 166 valence electrons. The van der Waals surface area contributed by atoms with Gasteiger partial charge in [-0.3, -0.25) is 4.90 Å². The summed E-state index contributed by atoms with van der Waals surface area (Å²) >= 11 is 0. The number of H-pyrrole nitrogens is 1. The third-order valence-electron chi connectivity index (χ3n) is 7.07. The van der Waals surface area contributed by atoms with Crippen LogP contribution in [0.15, 0.2) is 18.2 Å². The van der Waals surface area contributed by atoms with Crippen LogP contribution in [-0.2, 0) is 14.0 Å². The molecule has 1 saturated carbocycles. The van der Waals surface area contributed by atoms with E-state index in [0.717, 1.165) is 35.2 Å². The molecule has 3 unspecified atom stereocenters. The molecule has 2 saturated heterocycles. The summed E-state index contributed by atoms with van der Waals surface area (Å²) in [6.07, 6.45) is 1.73. The first-order valence-electron chi connectivity index (χ1n) is 11.2. The molecule has 31 heavy (non-hydrogen) atoms. The van der Waals surface area contributed by atoms with Crippen molar-refractivity contribution in [3.05, 3.63) is 24.0 Å². The summed E-state index contributed by atoms with van der Waals surface area (Å²) < 4.78 is 18.1. The van der Waals surface area contributed by atoms with E-state index < -0.39 is 12.7 Å². The maximum atomic E-state index is 12.9. The summed E-state index contributed by atoms with van der Waals surface area (Å²) in [4.78, 5) is 23.0. The number of benzene rings is 1. The number of piperidine rings is 1. The topological polar surface area (TPSA) is 76.7 Å². The highest BCUT2D eigenvalue weighted by atomic mass is 16.7. The lowest BCUT2D eigenvalue weighted by molar-refractivity contribution is 0.00578. The van der Waals surface area contributed by atoms with Crippen LogP contribution in [0.1, 0.15) is 73.2 Å². The number of aromatic nitrogens is 2. The first kappa shape index (κ1) is 20.8. The van der Waals surface area contributed by atoms with E-state index in [0.29, 0.717) is 5.92 Å². The molecule has 1 aromatic carbocycles. The van der Waals surface area contributed by atoms with Gasteiger partial charge < -0.3 is 19.0 Å². The van der Waals surface area contributed by atoms with Crippen LogP contribution in [-0.4, -0.2) is 50.9 Å². The second-order valence-electron chi connectivity index (χ2n) is 11.2. The third-order valence-corrected chi connectivity index (χ3v) is 7.07. The fraction of sp³-hybridized carbons (Fsp3) is 0.652. The van der Waals surface area contributed by atoms with Crippen molar-refractivity contribution in [2.45, 2.75) is 90.2 Å². The molecule has 3 heterocycles. The van der Waals surface area contributed by atoms with Crippen molar-refractivity contribution in [1.29, 1.82) is 0 Å². The predicted octanol–water partition coefficient (Wildman–Crippen LogP) is 3.93. The van der Waals surface area contributed by atoms with Crippen LogP contribution in [0.25, 0.3) is 11.0 Å². The molecule has 2 aromatic rings. The Hall–Kier alpha value is -2.06. The van der Waals surface area contributed by atoms with Crippen LogP contribution in [0.3, 0.4) is 0 Å². The highest BCUT2D eigenvalue weighted by molar-refractivity contribution is 6.62. The molecule has 0 radical (unpaired) electrons. The second-order valence-corrected chi connectivity index (χ2v) is 11.2. The van der Waals surface area contributed by atoms with Gasteiger partial charge in [0, 0.05) is 6.04 Å². The smallest absolute Gasteiger partial charge is 0.444 e. The number of nitrogens with zero attached hydrogens (tertiary/aromatic N) is 2. The SMILES string of the molecule is CC(C)(C)OC(=O)N1C(c2nc3ccc(B4OC(C)(C)C(C)(C)O4)cc3[nH]2)CC2CC21. The number of likely N-dealkylation sites (tertiary alicyclic amines) is 1. The molecule has 1 N–H and O–H groups in total. The normalized spacial score (nSPS) is 28.8. The van der Waals surface area contributed by atoms with Crippen molar-refractivity contribution in [2.24, 2.45) is 5.92 Å². The Morgan fingerprint density at radius 2 is 1.87 bits per heavy atom. The molecule has 1 aliphatic carbocycles. The highest BCUT2D eigenvalue weighted by Crippen LogP contribution is 2.53. The number of rotatable bonds is 2. The molecule has 8 heteroatoms. The maximum Gasteiger partial charge on any atom is 0.494 e. The number of hydrogen-bond acceptors (Lipinski definition) is 5. The van der Waals surface area contributed by atoms with E-state index in [-0.39, 0.29) is 29.4 Å². The number of imidazole rings is 1. The second kappa shape index (κ2) is 6.48. The van der Waals surface area contributed by atoms with E-state index in [4.69, 9.17) is 19.0 Å². The molecular formula is C23H32BN3O4. The van der Waals surface area contributed by atoms with Gasteiger partial charge in [0.15, 0.2) is 0 Å². The number of aromatic amines is 1. The van der Waals surface area contributed by atoms with E-state index in [1.54, 1.807) is 0 Å². The zero-order chi connectivity index (χ0) is 22.3. The zero-order valence-corrected chi connectivity index (χ0v) is 19.5. The lowest BCUT2D eigenvalue weighted by atomic mass is 9.79. The predicted molar refractivity (Wildman–Crippen MR) is 119 cm³/mol. The molecule has 0 spiro atoms. The first-order chi connectivity index (χ1) is 14.3. The summed E-state index contributed by atoms with van der Waals surface area (Å²) in [5.74, 6) is 1.37. The van der Waals surface area contributed by atoms with Crippen molar-refractivity contribution in [1.82, 2.24) is 14.9 Å². The monoisotopic (exact) mass is 425 g/mol. The van der Waals surface area contributed by atoms with Crippen LogP contribution >= 0.6 is 0 Å². The van der Waals surface area contributed by atoms with Gasteiger partial charge in [0.25, 0.3) is 0 Å². The molecular weight excluding hydrogens is 393 g/mol. The number of hydrogen-bond donors (Lipinski definition) is 1. The summed E-state index contributed by atoms with van der Waals surface area (Å²) in [7, 11) is -0.418. The van der Waals surface area contributed by atoms with E-state index in [1.165, 1.54) is 0 Å². The third kappa shape index (κ3) is 3.54. The van der Waals surface area contributed by atoms with Crippen molar-refractivity contribution in [3.63, 3.8) is 0 Å². The Morgan fingerprint density at radius 3 is 2.52 bits per heavy atom. The van der Waals surface area contributed by atoms with Gasteiger partial charge in [-0.25, -0.2) is 9.78 Å². The fourth-order valence-electron chi connectivity index (χ4n) is 4.61.